The largest absolute Gasteiger partial charge is 0.420 e. The second-order valence-electron chi connectivity index (χ2n) is 6.50. The molecule has 4 rings (SSSR count). The Bertz CT molecular complexity index is 1240. The molecule has 0 heterocycles. The van der Waals surface area contributed by atoms with Crippen molar-refractivity contribution < 1.29 is 17.2 Å². The molecular formula is C24H18O4S2. The van der Waals surface area contributed by atoms with Crippen LogP contribution in [0.25, 0.3) is 22.3 Å². The molecule has 0 fully saturated rings. The van der Waals surface area contributed by atoms with Gasteiger partial charge in [-0.05, 0) is 35.4 Å². The Labute approximate surface area is 180 Å². The molecular weight excluding hydrogens is 416 g/mol. The maximum atomic E-state index is 12.2. The average Bonchev–Trinajstić information content (AvgIpc) is 2.78. The molecule has 0 amide bonds. The lowest BCUT2D eigenvalue weighted by molar-refractivity contribution is 0.483. The molecule has 0 aliphatic carbocycles. The minimum Gasteiger partial charge on any atom is -0.420 e. The van der Waals surface area contributed by atoms with Gasteiger partial charge < -0.3 is 4.18 Å². The Morgan fingerprint density at radius 3 is 1.67 bits per heavy atom. The molecule has 4 aromatic carbocycles. The van der Waals surface area contributed by atoms with Crippen molar-refractivity contribution in [2.24, 2.45) is 0 Å². The lowest BCUT2D eigenvalue weighted by Crippen LogP contribution is -2.03. The van der Waals surface area contributed by atoms with E-state index in [1.807, 2.05) is 91.0 Å². The Balaban J connectivity index is 1.95. The van der Waals surface area contributed by atoms with Crippen LogP contribution in [0.3, 0.4) is 0 Å². The van der Waals surface area contributed by atoms with Crippen LogP contribution in [0.5, 0.6) is 5.75 Å². The third kappa shape index (κ3) is 4.41. The Morgan fingerprint density at radius 2 is 1.13 bits per heavy atom. The molecule has 4 aromatic rings. The van der Waals surface area contributed by atoms with Crippen molar-refractivity contribution >= 4 is 22.2 Å². The van der Waals surface area contributed by atoms with Gasteiger partial charge in [0.1, 0.15) is 10.6 Å². The third-order valence-corrected chi connectivity index (χ3v) is 6.13. The highest BCUT2D eigenvalue weighted by Crippen LogP contribution is 2.44. The van der Waals surface area contributed by atoms with Crippen molar-refractivity contribution in [3.63, 3.8) is 0 Å². The van der Waals surface area contributed by atoms with Crippen LogP contribution in [-0.4, -0.2) is 13.0 Å². The summed E-state index contributed by atoms with van der Waals surface area (Å²) in [5.41, 5.74) is 2.44. The molecule has 1 N–H and O–H groups in total. The van der Waals surface area contributed by atoms with E-state index in [2.05, 4.69) is 0 Å². The predicted molar refractivity (Wildman–Crippen MR) is 120 cm³/mol. The lowest BCUT2D eigenvalue weighted by atomic mass is 9.93. The minimum absolute atomic E-state index is 0.162. The van der Waals surface area contributed by atoms with Gasteiger partial charge >= 0.3 is 0 Å². The molecule has 6 heteroatoms. The van der Waals surface area contributed by atoms with Gasteiger partial charge in [0, 0.05) is 16.0 Å². The fourth-order valence-electron chi connectivity index (χ4n) is 3.20. The zero-order valence-electron chi connectivity index (χ0n) is 15.8. The van der Waals surface area contributed by atoms with E-state index in [1.165, 1.54) is 18.1 Å². The van der Waals surface area contributed by atoms with Crippen LogP contribution in [0.4, 0.5) is 0 Å². The SMILES string of the molecule is O=S(=O)(O)c1ccc(OSc2ccccc2)c(-c2ccccc2)c1-c1ccccc1. The van der Waals surface area contributed by atoms with E-state index >= 15 is 0 Å². The molecule has 0 aliphatic heterocycles. The highest BCUT2D eigenvalue weighted by atomic mass is 32.2. The maximum absolute atomic E-state index is 12.2. The second-order valence-corrected chi connectivity index (χ2v) is 8.69. The van der Waals surface area contributed by atoms with Gasteiger partial charge in [-0.25, -0.2) is 0 Å². The molecule has 0 saturated heterocycles. The molecule has 0 atom stereocenters. The van der Waals surface area contributed by atoms with Gasteiger partial charge in [0.2, 0.25) is 0 Å². The minimum atomic E-state index is -4.46. The molecule has 0 bridgehead atoms. The Hall–Kier alpha value is -3.06. The van der Waals surface area contributed by atoms with Crippen molar-refractivity contribution in [2.45, 2.75) is 9.79 Å². The van der Waals surface area contributed by atoms with Crippen molar-refractivity contribution in [2.75, 3.05) is 0 Å². The highest BCUT2D eigenvalue weighted by Gasteiger charge is 2.24. The molecule has 0 spiro atoms. The van der Waals surface area contributed by atoms with Gasteiger partial charge in [-0.2, -0.15) is 8.42 Å². The average molecular weight is 435 g/mol. The van der Waals surface area contributed by atoms with Gasteiger partial charge in [0.15, 0.2) is 0 Å². The van der Waals surface area contributed by atoms with Crippen LogP contribution in [-0.2, 0) is 10.1 Å². The van der Waals surface area contributed by atoms with Crippen LogP contribution in [0.15, 0.2) is 113 Å². The summed E-state index contributed by atoms with van der Waals surface area (Å²) in [5, 5.41) is 0. The first-order valence-corrected chi connectivity index (χ1v) is 11.4. The van der Waals surface area contributed by atoms with Crippen LogP contribution in [0.1, 0.15) is 0 Å². The lowest BCUT2D eigenvalue weighted by Gasteiger charge is -2.18. The number of hydrogen-bond donors (Lipinski definition) is 1. The molecule has 30 heavy (non-hydrogen) atoms. The fraction of sp³-hybridized carbons (Fsp3) is 0. The predicted octanol–water partition coefficient (Wildman–Crippen LogP) is 6.35. The molecule has 150 valence electrons. The van der Waals surface area contributed by atoms with Crippen LogP contribution < -0.4 is 4.18 Å². The maximum Gasteiger partial charge on any atom is 0.295 e. The van der Waals surface area contributed by atoms with E-state index < -0.39 is 10.1 Å². The van der Waals surface area contributed by atoms with E-state index in [1.54, 1.807) is 6.07 Å². The molecule has 0 aromatic heterocycles. The molecule has 4 nitrogen and oxygen atoms in total. The Morgan fingerprint density at radius 1 is 0.633 bits per heavy atom. The fourth-order valence-corrected chi connectivity index (χ4v) is 4.51. The molecule has 0 radical (unpaired) electrons. The smallest absolute Gasteiger partial charge is 0.295 e. The van der Waals surface area contributed by atoms with Crippen molar-refractivity contribution in [1.29, 1.82) is 0 Å². The van der Waals surface area contributed by atoms with Crippen molar-refractivity contribution in [1.82, 2.24) is 0 Å². The quantitative estimate of drug-likeness (QED) is 0.283. The summed E-state index contributed by atoms with van der Waals surface area (Å²) in [6.45, 7) is 0. The van der Waals surface area contributed by atoms with E-state index in [-0.39, 0.29) is 4.90 Å². The molecule has 0 saturated carbocycles. The van der Waals surface area contributed by atoms with Crippen molar-refractivity contribution in [3.05, 3.63) is 103 Å². The molecule has 0 aliphatic rings. The summed E-state index contributed by atoms with van der Waals surface area (Å²) in [6.07, 6.45) is 0. The van der Waals surface area contributed by atoms with Gasteiger partial charge in [-0.3, -0.25) is 4.55 Å². The Kier molecular flexibility index (Phi) is 5.90. The second kappa shape index (κ2) is 8.75. The topological polar surface area (TPSA) is 63.6 Å². The van der Waals surface area contributed by atoms with E-state index in [0.717, 1.165) is 10.5 Å². The van der Waals surface area contributed by atoms with Gasteiger partial charge in [-0.1, -0.05) is 78.9 Å². The highest BCUT2D eigenvalue weighted by molar-refractivity contribution is 7.95. The molecule has 0 unspecified atom stereocenters. The van der Waals surface area contributed by atoms with E-state index in [4.69, 9.17) is 4.18 Å². The monoisotopic (exact) mass is 434 g/mol. The van der Waals surface area contributed by atoms with Crippen LogP contribution >= 0.6 is 12.0 Å². The van der Waals surface area contributed by atoms with E-state index in [9.17, 15) is 13.0 Å². The summed E-state index contributed by atoms with van der Waals surface area (Å²) in [6, 6.07) is 31.1. The summed E-state index contributed by atoms with van der Waals surface area (Å²) < 4.78 is 40.4. The zero-order chi connectivity index (χ0) is 21.0. The van der Waals surface area contributed by atoms with E-state index in [0.29, 0.717) is 22.4 Å². The first-order chi connectivity index (χ1) is 14.5. The third-order valence-electron chi connectivity index (χ3n) is 4.50. The summed E-state index contributed by atoms with van der Waals surface area (Å²) in [4.78, 5) is 0.751. The normalized spacial score (nSPS) is 11.2. The van der Waals surface area contributed by atoms with Gasteiger partial charge in [-0.15, -0.1) is 0 Å². The number of rotatable bonds is 6. The van der Waals surface area contributed by atoms with Crippen LogP contribution in [0, 0.1) is 0 Å². The van der Waals surface area contributed by atoms with Gasteiger partial charge in [0.25, 0.3) is 10.1 Å². The summed E-state index contributed by atoms with van der Waals surface area (Å²) in [7, 11) is -4.46. The van der Waals surface area contributed by atoms with Crippen LogP contribution in [0.2, 0.25) is 0 Å². The summed E-state index contributed by atoms with van der Waals surface area (Å²) >= 11 is 1.19. The van der Waals surface area contributed by atoms with Gasteiger partial charge in [0.05, 0.1) is 12.0 Å². The zero-order valence-corrected chi connectivity index (χ0v) is 17.4. The summed E-state index contributed by atoms with van der Waals surface area (Å²) in [5.74, 6) is 0.501. The standard InChI is InChI=1S/C24H18O4S2/c25-30(26,27)22-17-16-21(28-29-20-14-8-3-9-15-20)23(18-10-4-1-5-11-18)24(22)19-12-6-2-7-13-19/h1-17H,(H,25,26,27). The number of hydrogen-bond acceptors (Lipinski definition) is 4. The number of benzene rings is 4. The van der Waals surface area contributed by atoms with Crippen molar-refractivity contribution in [3.8, 4) is 28.0 Å². The first-order valence-electron chi connectivity index (χ1n) is 9.19. The first kappa shape index (κ1) is 20.2.